The van der Waals surface area contributed by atoms with Gasteiger partial charge in [0.1, 0.15) is 5.75 Å². The average molecular weight is 219 g/mol. The quantitative estimate of drug-likeness (QED) is 0.798. The van der Waals surface area contributed by atoms with Crippen LogP contribution in [0.1, 0.15) is 31.7 Å². The Hall–Kier alpha value is -1.02. The van der Waals surface area contributed by atoms with E-state index in [1.165, 1.54) is 18.4 Å². The summed E-state index contributed by atoms with van der Waals surface area (Å²) in [7, 11) is 0. The number of benzene rings is 1. The lowest BCUT2D eigenvalue weighted by molar-refractivity contribution is 0.299. The Labute approximate surface area is 97.8 Å². The lowest BCUT2D eigenvalue weighted by Crippen LogP contribution is -2.21. The largest absolute Gasteiger partial charge is 0.493 e. The summed E-state index contributed by atoms with van der Waals surface area (Å²) < 4.78 is 5.68. The first kappa shape index (κ1) is 11.5. The van der Waals surface area contributed by atoms with Gasteiger partial charge < -0.3 is 10.5 Å². The summed E-state index contributed by atoms with van der Waals surface area (Å²) in [6.45, 7) is 3.01. The molecule has 88 valence electrons. The molecule has 0 spiro atoms. The fourth-order valence-corrected chi connectivity index (χ4v) is 1.67. The van der Waals surface area contributed by atoms with Gasteiger partial charge in [-0.1, -0.05) is 19.1 Å². The molecule has 2 N–H and O–H groups in total. The summed E-state index contributed by atoms with van der Waals surface area (Å²) >= 11 is 0. The Balaban J connectivity index is 1.82. The Morgan fingerprint density at radius 3 is 2.56 bits per heavy atom. The summed E-state index contributed by atoms with van der Waals surface area (Å²) in [6.07, 6.45) is 4.66. The number of nitrogens with two attached hydrogens (primary N) is 1. The van der Waals surface area contributed by atoms with Crippen molar-refractivity contribution in [1.29, 1.82) is 0 Å². The Bertz CT molecular complexity index is 316. The minimum Gasteiger partial charge on any atom is -0.493 e. The maximum atomic E-state index is 5.92. The van der Waals surface area contributed by atoms with Crippen LogP contribution in [0.4, 0.5) is 0 Å². The van der Waals surface area contributed by atoms with Crippen LogP contribution in [0.5, 0.6) is 5.75 Å². The molecule has 0 heterocycles. The lowest BCUT2D eigenvalue weighted by Gasteiger charge is -2.09. The van der Waals surface area contributed by atoms with Gasteiger partial charge in [-0.2, -0.15) is 0 Å². The van der Waals surface area contributed by atoms with Crippen LogP contribution >= 0.6 is 0 Å². The predicted molar refractivity (Wildman–Crippen MR) is 66.6 cm³/mol. The molecule has 1 atom stereocenters. The standard InChI is InChI=1S/C14H21NO/c1-2-13(15)9-11-5-7-14(8-6-11)16-10-12-3-4-12/h5-8,12-13H,2-4,9-10,15H2,1H3. The second kappa shape index (κ2) is 5.35. The second-order valence-electron chi connectivity index (χ2n) is 4.77. The molecule has 1 aromatic rings. The van der Waals surface area contributed by atoms with Crippen LogP contribution in [0.2, 0.25) is 0 Å². The van der Waals surface area contributed by atoms with Gasteiger partial charge in [0.25, 0.3) is 0 Å². The van der Waals surface area contributed by atoms with Crippen LogP contribution in [0.3, 0.4) is 0 Å². The Kier molecular flexibility index (Phi) is 3.83. The topological polar surface area (TPSA) is 35.2 Å². The van der Waals surface area contributed by atoms with Gasteiger partial charge in [-0.15, -0.1) is 0 Å². The molecule has 0 amide bonds. The van der Waals surface area contributed by atoms with E-state index in [1.807, 2.05) is 0 Å². The van der Waals surface area contributed by atoms with Crippen molar-refractivity contribution in [3.05, 3.63) is 29.8 Å². The normalized spacial score (nSPS) is 17.1. The Morgan fingerprint density at radius 1 is 1.31 bits per heavy atom. The molecule has 1 aliphatic rings. The molecule has 1 fully saturated rings. The van der Waals surface area contributed by atoms with Crippen molar-refractivity contribution < 1.29 is 4.74 Å². The third-order valence-electron chi connectivity index (χ3n) is 3.13. The highest BCUT2D eigenvalue weighted by atomic mass is 16.5. The molecule has 1 aromatic carbocycles. The number of ether oxygens (including phenoxy) is 1. The highest BCUT2D eigenvalue weighted by molar-refractivity contribution is 5.27. The van der Waals surface area contributed by atoms with Gasteiger partial charge in [-0.3, -0.25) is 0 Å². The van der Waals surface area contributed by atoms with Gasteiger partial charge in [0.2, 0.25) is 0 Å². The SMILES string of the molecule is CCC(N)Cc1ccc(OCC2CC2)cc1. The molecule has 1 saturated carbocycles. The van der Waals surface area contributed by atoms with Gasteiger partial charge in [0.05, 0.1) is 6.61 Å². The summed E-state index contributed by atoms with van der Waals surface area (Å²) in [5, 5.41) is 0. The van der Waals surface area contributed by atoms with E-state index in [2.05, 4.69) is 31.2 Å². The summed E-state index contributed by atoms with van der Waals surface area (Å²) in [5.41, 5.74) is 7.22. The van der Waals surface area contributed by atoms with E-state index in [1.54, 1.807) is 0 Å². The van der Waals surface area contributed by atoms with Crippen LogP contribution in [-0.2, 0) is 6.42 Å². The van der Waals surface area contributed by atoms with Crippen molar-refractivity contribution in [3.8, 4) is 5.75 Å². The highest BCUT2D eigenvalue weighted by Crippen LogP contribution is 2.29. The van der Waals surface area contributed by atoms with Crippen molar-refractivity contribution >= 4 is 0 Å². The zero-order valence-corrected chi connectivity index (χ0v) is 9.99. The average Bonchev–Trinajstić information content (AvgIpc) is 3.12. The monoisotopic (exact) mass is 219 g/mol. The molecule has 0 saturated heterocycles. The molecule has 1 unspecified atom stereocenters. The molecule has 0 aliphatic heterocycles. The summed E-state index contributed by atoms with van der Waals surface area (Å²) in [6, 6.07) is 8.63. The minimum absolute atomic E-state index is 0.276. The van der Waals surface area contributed by atoms with E-state index >= 15 is 0 Å². The van der Waals surface area contributed by atoms with E-state index in [4.69, 9.17) is 10.5 Å². The summed E-state index contributed by atoms with van der Waals surface area (Å²) in [4.78, 5) is 0. The number of hydrogen-bond acceptors (Lipinski definition) is 2. The van der Waals surface area contributed by atoms with Crippen molar-refractivity contribution in [3.63, 3.8) is 0 Å². The minimum atomic E-state index is 0.276. The zero-order valence-electron chi connectivity index (χ0n) is 9.99. The van der Waals surface area contributed by atoms with Crippen LogP contribution in [0.25, 0.3) is 0 Å². The number of hydrogen-bond donors (Lipinski definition) is 1. The maximum absolute atomic E-state index is 5.92. The fraction of sp³-hybridized carbons (Fsp3) is 0.571. The van der Waals surface area contributed by atoms with Crippen molar-refractivity contribution in [2.45, 2.75) is 38.6 Å². The molecular weight excluding hydrogens is 198 g/mol. The molecule has 0 bridgehead atoms. The first-order chi connectivity index (χ1) is 7.78. The molecule has 0 aromatic heterocycles. The van der Waals surface area contributed by atoms with Crippen LogP contribution in [-0.4, -0.2) is 12.6 Å². The number of rotatable bonds is 6. The lowest BCUT2D eigenvalue weighted by atomic mass is 10.0. The molecule has 0 radical (unpaired) electrons. The van der Waals surface area contributed by atoms with Crippen molar-refractivity contribution in [1.82, 2.24) is 0 Å². The van der Waals surface area contributed by atoms with Gasteiger partial charge in [-0.05, 0) is 49.3 Å². The Morgan fingerprint density at radius 2 is 2.00 bits per heavy atom. The first-order valence-corrected chi connectivity index (χ1v) is 6.25. The van der Waals surface area contributed by atoms with Gasteiger partial charge >= 0.3 is 0 Å². The van der Waals surface area contributed by atoms with E-state index < -0.39 is 0 Å². The van der Waals surface area contributed by atoms with E-state index in [-0.39, 0.29) is 6.04 Å². The van der Waals surface area contributed by atoms with Gasteiger partial charge in [-0.25, -0.2) is 0 Å². The van der Waals surface area contributed by atoms with E-state index in [0.717, 1.165) is 31.1 Å². The van der Waals surface area contributed by atoms with E-state index in [0.29, 0.717) is 0 Å². The van der Waals surface area contributed by atoms with Crippen LogP contribution in [0.15, 0.2) is 24.3 Å². The molecule has 2 heteroatoms. The molecular formula is C14H21NO. The van der Waals surface area contributed by atoms with Gasteiger partial charge in [0, 0.05) is 6.04 Å². The zero-order chi connectivity index (χ0) is 11.4. The van der Waals surface area contributed by atoms with Crippen molar-refractivity contribution in [2.24, 2.45) is 11.7 Å². The van der Waals surface area contributed by atoms with Gasteiger partial charge in [0.15, 0.2) is 0 Å². The van der Waals surface area contributed by atoms with Crippen molar-refractivity contribution in [2.75, 3.05) is 6.61 Å². The third-order valence-corrected chi connectivity index (χ3v) is 3.13. The maximum Gasteiger partial charge on any atom is 0.119 e. The second-order valence-corrected chi connectivity index (χ2v) is 4.77. The predicted octanol–water partition coefficient (Wildman–Crippen LogP) is 2.76. The van der Waals surface area contributed by atoms with E-state index in [9.17, 15) is 0 Å². The molecule has 2 nitrogen and oxygen atoms in total. The molecule has 16 heavy (non-hydrogen) atoms. The fourth-order valence-electron chi connectivity index (χ4n) is 1.67. The van der Waals surface area contributed by atoms with Crippen LogP contribution < -0.4 is 10.5 Å². The molecule has 2 rings (SSSR count). The summed E-state index contributed by atoms with van der Waals surface area (Å²) in [5.74, 6) is 1.80. The molecule has 1 aliphatic carbocycles. The highest BCUT2D eigenvalue weighted by Gasteiger charge is 2.21. The first-order valence-electron chi connectivity index (χ1n) is 6.25. The third kappa shape index (κ3) is 3.53. The smallest absolute Gasteiger partial charge is 0.119 e. The van der Waals surface area contributed by atoms with Crippen LogP contribution in [0, 0.1) is 5.92 Å².